The van der Waals surface area contributed by atoms with Gasteiger partial charge in [-0.15, -0.1) is 11.3 Å². The van der Waals surface area contributed by atoms with Gasteiger partial charge in [-0.3, -0.25) is 0 Å². The predicted molar refractivity (Wildman–Crippen MR) is 83.5 cm³/mol. The first-order valence-corrected chi connectivity index (χ1v) is 7.60. The van der Waals surface area contributed by atoms with Crippen LogP contribution in [0.25, 0.3) is 0 Å². The van der Waals surface area contributed by atoms with Crippen molar-refractivity contribution in [1.29, 1.82) is 0 Å². The van der Waals surface area contributed by atoms with Crippen LogP contribution in [0.3, 0.4) is 0 Å². The zero-order valence-electron chi connectivity index (χ0n) is 11.7. The van der Waals surface area contributed by atoms with Crippen molar-refractivity contribution in [2.24, 2.45) is 0 Å². The first kappa shape index (κ1) is 14.3. The summed E-state index contributed by atoms with van der Waals surface area (Å²) in [5, 5.41) is 5.55. The molecular formula is C16H22N2S. The molecule has 0 aliphatic carbocycles. The molecule has 1 unspecified atom stereocenters. The predicted octanol–water partition coefficient (Wildman–Crippen LogP) is 3.53. The molecule has 0 saturated heterocycles. The van der Waals surface area contributed by atoms with Crippen LogP contribution in [-0.2, 0) is 6.54 Å². The summed E-state index contributed by atoms with van der Waals surface area (Å²) in [5.41, 5.74) is 1.37. The van der Waals surface area contributed by atoms with Gasteiger partial charge in [-0.2, -0.15) is 0 Å². The largest absolute Gasteiger partial charge is 0.313 e. The van der Waals surface area contributed by atoms with E-state index in [1.165, 1.54) is 10.4 Å². The summed E-state index contributed by atoms with van der Waals surface area (Å²) in [4.78, 5) is 3.82. The molecule has 2 nitrogen and oxygen atoms in total. The molecule has 1 heterocycles. The molecule has 1 N–H and O–H groups in total. The van der Waals surface area contributed by atoms with Gasteiger partial charge in [0.15, 0.2) is 0 Å². The molecule has 2 aromatic rings. The number of nitrogens with zero attached hydrogens (tertiary/aromatic N) is 1. The molecule has 102 valence electrons. The SMILES string of the molecule is CNC(CCN(C)Cc1cccs1)c1ccccc1. The topological polar surface area (TPSA) is 15.3 Å². The second kappa shape index (κ2) is 7.43. The van der Waals surface area contributed by atoms with Crippen molar-refractivity contribution in [1.82, 2.24) is 10.2 Å². The second-order valence-electron chi connectivity index (χ2n) is 4.86. The third-order valence-electron chi connectivity index (χ3n) is 3.36. The van der Waals surface area contributed by atoms with Crippen molar-refractivity contribution in [3.8, 4) is 0 Å². The Balaban J connectivity index is 1.83. The normalized spacial score (nSPS) is 12.8. The Kier molecular flexibility index (Phi) is 5.58. The Morgan fingerprint density at radius 2 is 1.95 bits per heavy atom. The van der Waals surface area contributed by atoms with Crippen LogP contribution in [0.4, 0.5) is 0 Å². The van der Waals surface area contributed by atoms with Crippen LogP contribution < -0.4 is 5.32 Å². The van der Waals surface area contributed by atoms with E-state index in [4.69, 9.17) is 0 Å². The molecule has 1 atom stereocenters. The zero-order valence-corrected chi connectivity index (χ0v) is 12.5. The van der Waals surface area contributed by atoms with E-state index < -0.39 is 0 Å². The van der Waals surface area contributed by atoms with Gasteiger partial charge in [0.05, 0.1) is 0 Å². The lowest BCUT2D eigenvalue weighted by molar-refractivity contribution is 0.306. The maximum atomic E-state index is 3.41. The Labute approximate surface area is 120 Å². The average Bonchev–Trinajstić information content (AvgIpc) is 2.93. The molecule has 0 saturated carbocycles. The van der Waals surface area contributed by atoms with Crippen LogP contribution in [0.15, 0.2) is 47.8 Å². The van der Waals surface area contributed by atoms with Crippen molar-refractivity contribution in [2.45, 2.75) is 19.0 Å². The molecule has 0 radical (unpaired) electrons. The van der Waals surface area contributed by atoms with Crippen LogP contribution in [0, 0.1) is 0 Å². The molecule has 19 heavy (non-hydrogen) atoms. The Morgan fingerprint density at radius 3 is 2.58 bits per heavy atom. The molecule has 0 aliphatic rings. The third kappa shape index (κ3) is 4.46. The van der Waals surface area contributed by atoms with Gasteiger partial charge in [-0.05, 0) is 37.5 Å². The van der Waals surface area contributed by atoms with Crippen LogP contribution in [0.1, 0.15) is 22.9 Å². The average molecular weight is 274 g/mol. The summed E-state index contributed by atoms with van der Waals surface area (Å²) in [6.07, 6.45) is 1.13. The number of hydrogen-bond donors (Lipinski definition) is 1. The Morgan fingerprint density at radius 1 is 1.16 bits per heavy atom. The quantitative estimate of drug-likeness (QED) is 0.831. The molecule has 0 spiro atoms. The molecule has 0 aliphatic heterocycles. The van der Waals surface area contributed by atoms with Gasteiger partial charge < -0.3 is 10.2 Å². The van der Waals surface area contributed by atoms with Gasteiger partial charge in [-0.1, -0.05) is 36.4 Å². The second-order valence-corrected chi connectivity index (χ2v) is 5.89. The smallest absolute Gasteiger partial charge is 0.0329 e. The third-order valence-corrected chi connectivity index (χ3v) is 4.22. The fourth-order valence-electron chi connectivity index (χ4n) is 2.26. The van der Waals surface area contributed by atoms with E-state index in [0.29, 0.717) is 6.04 Å². The Hall–Kier alpha value is -1.16. The van der Waals surface area contributed by atoms with Crippen LogP contribution in [0.5, 0.6) is 0 Å². The number of hydrogen-bond acceptors (Lipinski definition) is 3. The highest BCUT2D eigenvalue weighted by molar-refractivity contribution is 7.09. The highest BCUT2D eigenvalue weighted by Crippen LogP contribution is 2.17. The Bertz CT molecular complexity index is 453. The van der Waals surface area contributed by atoms with E-state index in [1.54, 1.807) is 0 Å². The van der Waals surface area contributed by atoms with Crippen molar-refractivity contribution >= 4 is 11.3 Å². The van der Waals surface area contributed by atoms with Gasteiger partial charge in [0.1, 0.15) is 0 Å². The highest BCUT2D eigenvalue weighted by Gasteiger charge is 2.10. The summed E-state index contributed by atoms with van der Waals surface area (Å²) in [5.74, 6) is 0. The molecule has 3 heteroatoms. The van der Waals surface area contributed by atoms with Crippen LogP contribution in [-0.4, -0.2) is 25.5 Å². The van der Waals surface area contributed by atoms with Gasteiger partial charge in [-0.25, -0.2) is 0 Å². The van der Waals surface area contributed by atoms with Gasteiger partial charge in [0.25, 0.3) is 0 Å². The maximum absolute atomic E-state index is 3.41. The van der Waals surface area contributed by atoms with Gasteiger partial charge in [0, 0.05) is 24.0 Å². The van der Waals surface area contributed by atoms with E-state index in [2.05, 4.69) is 65.1 Å². The number of nitrogens with one attached hydrogen (secondary N) is 1. The lowest BCUT2D eigenvalue weighted by atomic mass is 10.0. The van der Waals surface area contributed by atoms with E-state index in [0.717, 1.165) is 19.5 Å². The number of benzene rings is 1. The minimum atomic E-state index is 0.437. The lowest BCUT2D eigenvalue weighted by Crippen LogP contribution is -2.25. The van der Waals surface area contributed by atoms with E-state index in [1.807, 2.05) is 18.4 Å². The fraction of sp³-hybridized carbons (Fsp3) is 0.375. The fourth-order valence-corrected chi connectivity index (χ4v) is 3.04. The summed E-state index contributed by atoms with van der Waals surface area (Å²) in [6, 6.07) is 15.4. The van der Waals surface area contributed by atoms with Crippen LogP contribution in [0.2, 0.25) is 0 Å². The number of thiophene rings is 1. The van der Waals surface area contributed by atoms with Gasteiger partial charge >= 0.3 is 0 Å². The molecule has 0 fully saturated rings. The summed E-state index contributed by atoms with van der Waals surface area (Å²) in [7, 11) is 4.23. The summed E-state index contributed by atoms with van der Waals surface area (Å²) in [6.45, 7) is 2.14. The molecule has 0 amide bonds. The molecule has 2 rings (SSSR count). The van der Waals surface area contributed by atoms with E-state index in [-0.39, 0.29) is 0 Å². The standard InChI is InChI=1S/C16H22N2S/c1-17-16(14-7-4-3-5-8-14)10-11-18(2)13-15-9-6-12-19-15/h3-9,12,16-17H,10-11,13H2,1-2H3. The summed E-state index contributed by atoms with van der Waals surface area (Å²) < 4.78 is 0. The first-order chi connectivity index (χ1) is 9.29. The molecule has 1 aromatic carbocycles. The maximum Gasteiger partial charge on any atom is 0.0329 e. The minimum absolute atomic E-state index is 0.437. The first-order valence-electron chi connectivity index (χ1n) is 6.72. The number of rotatable bonds is 7. The highest BCUT2D eigenvalue weighted by atomic mass is 32.1. The van der Waals surface area contributed by atoms with Crippen molar-refractivity contribution in [3.63, 3.8) is 0 Å². The van der Waals surface area contributed by atoms with Crippen molar-refractivity contribution in [2.75, 3.05) is 20.6 Å². The van der Waals surface area contributed by atoms with Gasteiger partial charge in [0.2, 0.25) is 0 Å². The van der Waals surface area contributed by atoms with Crippen LogP contribution >= 0.6 is 11.3 Å². The minimum Gasteiger partial charge on any atom is -0.313 e. The molecule has 1 aromatic heterocycles. The monoisotopic (exact) mass is 274 g/mol. The summed E-state index contributed by atoms with van der Waals surface area (Å²) >= 11 is 1.83. The lowest BCUT2D eigenvalue weighted by Gasteiger charge is -2.21. The van der Waals surface area contributed by atoms with Crippen molar-refractivity contribution < 1.29 is 0 Å². The molecular weight excluding hydrogens is 252 g/mol. The zero-order chi connectivity index (χ0) is 13.5. The van der Waals surface area contributed by atoms with E-state index >= 15 is 0 Å². The molecule has 0 bridgehead atoms. The van der Waals surface area contributed by atoms with E-state index in [9.17, 15) is 0 Å². The van der Waals surface area contributed by atoms with Crippen molar-refractivity contribution in [3.05, 3.63) is 58.3 Å².